The smallest absolute Gasteiger partial charge is 0.330 e. The summed E-state index contributed by atoms with van der Waals surface area (Å²) in [4.78, 5) is 22.1. The quantitative estimate of drug-likeness (QED) is 0.167. The van der Waals surface area contributed by atoms with E-state index >= 15 is 0 Å². The van der Waals surface area contributed by atoms with Crippen molar-refractivity contribution in [1.29, 1.82) is 0 Å². The average molecular weight is 513 g/mol. The highest BCUT2D eigenvalue weighted by Crippen LogP contribution is 2.28. The zero-order valence-corrected chi connectivity index (χ0v) is 21.7. The summed E-state index contributed by atoms with van der Waals surface area (Å²) in [6.45, 7) is 13.1. The molecular weight excluding hydrogens is 476 g/mol. The molecule has 0 bridgehead atoms. The first-order valence-corrected chi connectivity index (χ1v) is 12.1. The number of carbonyl (C=O) groups excluding carboxylic acids is 2. The molecule has 0 amide bonds. The lowest BCUT2D eigenvalue weighted by Gasteiger charge is -2.16. The Kier molecular flexibility index (Phi) is 13.6. The van der Waals surface area contributed by atoms with Crippen LogP contribution in [0.5, 0.6) is 11.5 Å². The molecule has 8 heteroatoms. The van der Waals surface area contributed by atoms with Crippen molar-refractivity contribution in [2.24, 2.45) is 0 Å². The van der Waals surface area contributed by atoms with E-state index in [0.717, 1.165) is 45.9 Å². The van der Waals surface area contributed by atoms with Gasteiger partial charge in [0.1, 0.15) is 37.9 Å². The van der Waals surface area contributed by atoms with Gasteiger partial charge in [-0.2, -0.15) is 0 Å². The highest BCUT2D eigenvalue weighted by atomic mass is 16.6. The van der Waals surface area contributed by atoms with Crippen molar-refractivity contribution in [1.82, 2.24) is 0 Å². The lowest BCUT2D eigenvalue weighted by Crippen LogP contribution is -2.13. The largest absolute Gasteiger partial charge is 0.491 e. The topological polar surface area (TPSA) is 89.5 Å². The van der Waals surface area contributed by atoms with Crippen molar-refractivity contribution >= 4 is 11.9 Å². The van der Waals surface area contributed by atoms with E-state index in [4.69, 9.17) is 28.4 Å². The first-order chi connectivity index (χ1) is 17.9. The zero-order chi connectivity index (χ0) is 26.9. The molecule has 0 saturated heterocycles. The van der Waals surface area contributed by atoms with Gasteiger partial charge in [-0.1, -0.05) is 37.4 Å². The van der Waals surface area contributed by atoms with Crippen LogP contribution in [0.4, 0.5) is 0 Å². The van der Waals surface area contributed by atoms with Crippen molar-refractivity contribution < 1.29 is 38.0 Å². The fourth-order valence-corrected chi connectivity index (χ4v) is 3.23. The molecule has 0 heterocycles. The van der Waals surface area contributed by atoms with Crippen LogP contribution >= 0.6 is 0 Å². The molecule has 2 aromatic carbocycles. The Balaban J connectivity index is 1.88. The Morgan fingerprint density at radius 2 is 1.05 bits per heavy atom. The third-order valence-electron chi connectivity index (χ3n) is 5.07. The summed E-state index contributed by atoms with van der Waals surface area (Å²) in [5.74, 6) is 0.627. The maximum atomic E-state index is 11.0. The van der Waals surface area contributed by atoms with Crippen LogP contribution in [0.1, 0.15) is 22.3 Å². The molecule has 0 saturated carbocycles. The summed E-state index contributed by atoms with van der Waals surface area (Å²) in [7, 11) is 0. The van der Waals surface area contributed by atoms with Gasteiger partial charge < -0.3 is 28.4 Å². The van der Waals surface area contributed by atoms with E-state index < -0.39 is 11.9 Å². The molecule has 2 aromatic rings. The Labute approximate surface area is 218 Å². The van der Waals surface area contributed by atoms with Crippen molar-refractivity contribution in [3.63, 3.8) is 0 Å². The second-order valence-electron chi connectivity index (χ2n) is 8.06. The first-order valence-electron chi connectivity index (χ1n) is 12.1. The molecule has 0 aliphatic rings. The lowest BCUT2D eigenvalue weighted by atomic mass is 10.0. The van der Waals surface area contributed by atoms with Gasteiger partial charge in [0.2, 0.25) is 0 Å². The van der Waals surface area contributed by atoms with Gasteiger partial charge in [-0.25, -0.2) is 9.59 Å². The van der Waals surface area contributed by atoms with Gasteiger partial charge in [0, 0.05) is 18.6 Å². The zero-order valence-electron chi connectivity index (χ0n) is 21.7. The summed E-state index contributed by atoms with van der Waals surface area (Å²) < 4.78 is 32.7. The molecular formula is C29H36O8. The molecule has 200 valence electrons. The summed E-state index contributed by atoms with van der Waals surface area (Å²) in [5, 5.41) is 0. The van der Waals surface area contributed by atoms with Crippen LogP contribution in [0.25, 0.3) is 0 Å². The highest BCUT2D eigenvalue weighted by Gasteiger charge is 2.11. The molecule has 0 radical (unpaired) electrons. The van der Waals surface area contributed by atoms with Gasteiger partial charge in [-0.05, 0) is 48.2 Å². The maximum Gasteiger partial charge on any atom is 0.330 e. The summed E-state index contributed by atoms with van der Waals surface area (Å²) in [5.41, 5.74) is 4.23. The molecule has 0 aliphatic carbocycles. The van der Waals surface area contributed by atoms with Crippen LogP contribution in [-0.4, -0.2) is 64.8 Å². The summed E-state index contributed by atoms with van der Waals surface area (Å²) in [6, 6.07) is 12.2. The van der Waals surface area contributed by atoms with Crippen LogP contribution in [0.15, 0.2) is 61.7 Å². The highest BCUT2D eigenvalue weighted by molar-refractivity contribution is 5.81. The van der Waals surface area contributed by atoms with E-state index in [0.29, 0.717) is 32.8 Å². The van der Waals surface area contributed by atoms with E-state index in [1.54, 1.807) is 0 Å². The number of hydrogen-bond donors (Lipinski definition) is 0. The second kappa shape index (κ2) is 16.9. The molecule has 0 fully saturated rings. The van der Waals surface area contributed by atoms with Gasteiger partial charge in [-0.3, -0.25) is 0 Å². The first kappa shape index (κ1) is 29.6. The normalized spacial score (nSPS) is 10.4. The van der Waals surface area contributed by atoms with Crippen LogP contribution in [0, 0.1) is 13.8 Å². The third-order valence-corrected chi connectivity index (χ3v) is 5.07. The number of carbonyl (C=O) groups is 2. The number of benzene rings is 2. The van der Waals surface area contributed by atoms with Gasteiger partial charge in [0.05, 0.1) is 26.4 Å². The summed E-state index contributed by atoms with van der Waals surface area (Å²) >= 11 is 0. The minimum absolute atomic E-state index is 0.171. The fraction of sp³-hybridized carbons (Fsp3) is 0.379. The predicted octanol–water partition coefficient (Wildman–Crippen LogP) is 4.14. The van der Waals surface area contributed by atoms with Crippen molar-refractivity contribution in [2.75, 3.05) is 52.9 Å². The molecule has 0 unspecified atom stereocenters. The Bertz CT molecular complexity index is 949. The van der Waals surface area contributed by atoms with Crippen molar-refractivity contribution in [3.05, 3.63) is 84.0 Å². The van der Waals surface area contributed by atoms with Crippen molar-refractivity contribution in [2.45, 2.75) is 20.3 Å². The number of hydrogen-bond acceptors (Lipinski definition) is 8. The van der Waals surface area contributed by atoms with Crippen LogP contribution in [-0.2, 0) is 35.0 Å². The average Bonchev–Trinajstić information content (AvgIpc) is 2.89. The Morgan fingerprint density at radius 3 is 1.46 bits per heavy atom. The maximum absolute atomic E-state index is 11.0. The lowest BCUT2D eigenvalue weighted by molar-refractivity contribution is -0.140. The molecule has 0 N–H and O–H groups in total. The standard InChI is InChI=1S/C29H36O8/c1-5-28(30)36-17-13-32-11-15-34-26-19-22(3)7-9-24(26)21-25-10-8-23(4)20-27(25)35-16-12-33-14-18-37-29(31)6-2/h5-10,19-20H,1-2,11-18,21H2,3-4H3. The van der Waals surface area contributed by atoms with E-state index in [9.17, 15) is 9.59 Å². The van der Waals surface area contributed by atoms with E-state index in [1.165, 1.54) is 0 Å². The van der Waals surface area contributed by atoms with Gasteiger partial charge in [-0.15, -0.1) is 0 Å². The second-order valence-corrected chi connectivity index (χ2v) is 8.06. The monoisotopic (exact) mass is 512 g/mol. The Hall–Kier alpha value is -3.62. The van der Waals surface area contributed by atoms with Crippen molar-refractivity contribution in [3.8, 4) is 11.5 Å². The molecule has 0 aromatic heterocycles. The van der Waals surface area contributed by atoms with Gasteiger partial charge in [0.25, 0.3) is 0 Å². The number of rotatable bonds is 18. The minimum Gasteiger partial charge on any atom is -0.491 e. The molecule has 0 spiro atoms. The molecule has 2 rings (SSSR count). The molecule has 8 nitrogen and oxygen atoms in total. The fourth-order valence-electron chi connectivity index (χ4n) is 3.23. The minimum atomic E-state index is -0.470. The predicted molar refractivity (Wildman–Crippen MR) is 140 cm³/mol. The molecule has 0 atom stereocenters. The number of esters is 2. The van der Waals surface area contributed by atoms with E-state index in [-0.39, 0.29) is 26.4 Å². The van der Waals surface area contributed by atoms with E-state index in [2.05, 4.69) is 25.3 Å². The molecule has 37 heavy (non-hydrogen) atoms. The third kappa shape index (κ3) is 11.8. The van der Waals surface area contributed by atoms with Crippen LogP contribution in [0.3, 0.4) is 0 Å². The SMILES string of the molecule is C=CC(=O)OCCOCCOc1cc(C)ccc1Cc1ccc(C)cc1OCCOCCOC(=O)C=C. The summed E-state index contributed by atoms with van der Waals surface area (Å²) in [6.07, 6.45) is 2.86. The van der Waals surface area contributed by atoms with Gasteiger partial charge in [0.15, 0.2) is 0 Å². The van der Waals surface area contributed by atoms with E-state index in [1.807, 2.05) is 38.1 Å². The van der Waals surface area contributed by atoms with Crippen LogP contribution < -0.4 is 9.47 Å². The number of aryl methyl sites for hydroxylation is 2. The Morgan fingerprint density at radius 1 is 0.649 bits per heavy atom. The number of ether oxygens (including phenoxy) is 6. The van der Waals surface area contributed by atoms with Gasteiger partial charge >= 0.3 is 11.9 Å². The van der Waals surface area contributed by atoms with Crippen LogP contribution in [0.2, 0.25) is 0 Å². The molecule has 0 aliphatic heterocycles.